The molecule has 0 saturated heterocycles. The third kappa shape index (κ3) is 1.36. The molecule has 90 valence electrons. The average Bonchev–Trinajstić information content (AvgIpc) is 2.54. The maximum atomic E-state index is 2.48. The molecule has 0 N–H and O–H groups in total. The monoisotopic (exact) mass is 226 g/mol. The van der Waals surface area contributed by atoms with Gasteiger partial charge in [-0.1, -0.05) is 50.6 Å². The number of allylic oxidation sites excluding steroid dienone is 8. The Morgan fingerprint density at radius 1 is 1.12 bits per heavy atom. The van der Waals surface area contributed by atoms with E-state index in [4.69, 9.17) is 0 Å². The van der Waals surface area contributed by atoms with Crippen molar-refractivity contribution in [2.75, 3.05) is 0 Å². The Morgan fingerprint density at radius 2 is 1.82 bits per heavy atom. The van der Waals surface area contributed by atoms with Crippen LogP contribution in [0.3, 0.4) is 0 Å². The van der Waals surface area contributed by atoms with Gasteiger partial charge in [-0.15, -0.1) is 0 Å². The van der Waals surface area contributed by atoms with E-state index in [1.54, 1.807) is 16.7 Å². The van der Waals surface area contributed by atoms with Gasteiger partial charge in [0.25, 0.3) is 0 Å². The first-order valence-electron chi connectivity index (χ1n) is 6.83. The molecule has 1 saturated carbocycles. The van der Waals surface area contributed by atoms with Gasteiger partial charge in [0.05, 0.1) is 0 Å². The molecule has 17 heavy (non-hydrogen) atoms. The molecule has 0 bridgehead atoms. The summed E-state index contributed by atoms with van der Waals surface area (Å²) >= 11 is 0. The quantitative estimate of drug-likeness (QED) is 0.556. The van der Waals surface area contributed by atoms with E-state index in [1.807, 2.05) is 0 Å². The first-order valence-corrected chi connectivity index (χ1v) is 6.83. The Balaban J connectivity index is 2.19. The van der Waals surface area contributed by atoms with Crippen molar-refractivity contribution in [3.8, 4) is 0 Å². The summed E-state index contributed by atoms with van der Waals surface area (Å²) in [6, 6.07) is 0. The number of hydrogen-bond donors (Lipinski definition) is 0. The highest BCUT2D eigenvalue weighted by atomic mass is 14.5. The molecule has 0 aliphatic heterocycles. The van der Waals surface area contributed by atoms with Crippen molar-refractivity contribution in [2.24, 2.45) is 17.3 Å². The third-order valence-corrected chi connectivity index (χ3v) is 5.02. The van der Waals surface area contributed by atoms with Crippen LogP contribution in [-0.2, 0) is 0 Å². The van der Waals surface area contributed by atoms with E-state index < -0.39 is 0 Å². The lowest BCUT2D eigenvalue weighted by Gasteiger charge is -2.35. The molecule has 2 unspecified atom stereocenters. The van der Waals surface area contributed by atoms with Crippen LogP contribution in [-0.4, -0.2) is 0 Å². The third-order valence-electron chi connectivity index (χ3n) is 5.02. The normalized spacial score (nSPS) is 34.1. The summed E-state index contributed by atoms with van der Waals surface area (Å²) in [5.74, 6) is 1.36. The molecule has 2 atom stereocenters. The van der Waals surface area contributed by atoms with Crippen molar-refractivity contribution in [3.05, 3.63) is 46.6 Å². The highest BCUT2D eigenvalue weighted by Gasteiger charge is 2.48. The Kier molecular flexibility index (Phi) is 2.26. The first kappa shape index (κ1) is 11.1. The van der Waals surface area contributed by atoms with Crippen LogP contribution in [0.5, 0.6) is 0 Å². The van der Waals surface area contributed by atoms with E-state index in [2.05, 4.69) is 52.0 Å². The molecule has 0 spiro atoms. The second kappa shape index (κ2) is 3.48. The van der Waals surface area contributed by atoms with Gasteiger partial charge in [0, 0.05) is 0 Å². The maximum absolute atomic E-state index is 2.48. The van der Waals surface area contributed by atoms with Gasteiger partial charge in [-0.05, 0) is 53.7 Å². The number of fused-ring (bicyclic) bond motifs is 3. The molecule has 0 aromatic heterocycles. The van der Waals surface area contributed by atoms with Crippen LogP contribution in [0.2, 0.25) is 0 Å². The van der Waals surface area contributed by atoms with Crippen LogP contribution in [0, 0.1) is 17.3 Å². The predicted molar refractivity (Wildman–Crippen MR) is 73.7 cm³/mol. The van der Waals surface area contributed by atoms with Crippen molar-refractivity contribution in [2.45, 2.75) is 40.5 Å². The van der Waals surface area contributed by atoms with Gasteiger partial charge in [-0.3, -0.25) is 0 Å². The van der Waals surface area contributed by atoms with Crippen molar-refractivity contribution >= 4 is 0 Å². The van der Waals surface area contributed by atoms with Crippen LogP contribution >= 0.6 is 0 Å². The fourth-order valence-corrected chi connectivity index (χ4v) is 4.01. The van der Waals surface area contributed by atoms with Gasteiger partial charge >= 0.3 is 0 Å². The van der Waals surface area contributed by atoms with E-state index in [-0.39, 0.29) is 0 Å². The molecular formula is C17H22. The van der Waals surface area contributed by atoms with Gasteiger partial charge < -0.3 is 0 Å². The fraction of sp³-hybridized carbons (Fsp3) is 0.529. The summed E-state index contributed by atoms with van der Waals surface area (Å²) in [5.41, 5.74) is 6.61. The van der Waals surface area contributed by atoms with E-state index in [0.717, 1.165) is 0 Å². The Labute approximate surface area is 105 Å². The highest BCUT2D eigenvalue weighted by Crippen LogP contribution is 2.59. The smallest absolute Gasteiger partial charge is 0.000115 e. The molecule has 0 nitrogen and oxygen atoms in total. The van der Waals surface area contributed by atoms with Crippen molar-refractivity contribution in [1.82, 2.24) is 0 Å². The van der Waals surface area contributed by atoms with Crippen LogP contribution in [0.4, 0.5) is 0 Å². The summed E-state index contributed by atoms with van der Waals surface area (Å²) in [6.07, 6.45) is 12.1. The molecule has 0 aromatic rings. The highest BCUT2D eigenvalue weighted by molar-refractivity contribution is 5.61. The largest absolute Gasteiger partial charge is 0.0798 e. The van der Waals surface area contributed by atoms with Crippen molar-refractivity contribution in [1.29, 1.82) is 0 Å². The standard InChI is InChI=1S/C17H22/c1-11-9-10-14-13-7-5-6-8-15(13)17(3,4)16(14)12(11)2/h7-10,12,16H,5-6H2,1-4H3. The number of hydrogen-bond acceptors (Lipinski definition) is 0. The van der Waals surface area contributed by atoms with Crippen molar-refractivity contribution < 1.29 is 0 Å². The molecule has 0 amide bonds. The lowest BCUT2D eigenvalue weighted by atomic mass is 9.68. The lowest BCUT2D eigenvalue weighted by Crippen LogP contribution is -2.28. The SMILES string of the molecule is CC1=CC=C2C3=CCCC=C3C(C)(C)C2C1C. The van der Waals surface area contributed by atoms with E-state index >= 15 is 0 Å². The summed E-state index contributed by atoms with van der Waals surface area (Å²) in [6.45, 7) is 9.53. The van der Waals surface area contributed by atoms with Gasteiger partial charge in [-0.2, -0.15) is 0 Å². The Bertz CT molecular complexity index is 480. The fourth-order valence-electron chi connectivity index (χ4n) is 4.01. The lowest BCUT2D eigenvalue weighted by molar-refractivity contribution is 0.275. The molecule has 3 aliphatic carbocycles. The van der Waals surface area contributed by atoms with Gasteiger partial charge in [0.2, 0.25) is 0 Å². The summed E-state index contributed by atoms with van der Waals surface area (Å²) in [4.78, 5) is 0. The average molecular weight is 226 g/mol. The topological polar surface area (TPSA) is 0 Å². The van der Waals surface area contributed by atoms with Gasteiger partial charge in [0.1, 0.15) is 0 Å². The molecule has 3 aliphatic rings. The number of rotatable bonds is 0. The Morgan fingerprint density at radius 3 is 2.59 bits per heavy atom. The van der Waals surface area contributed by atoms with Crippen molar-refractivity contribution in [3.63, 3.8) is 0 Å². The molecule has 0 radical (unpaired) electrons. The van der Waals surface area contributed by atoms with Crippen LogP contribution in [0.15, 0.2) is 46.6 Å². The second-order valence-electron chi connectivity index (χ2n) is 6.33. The van der Waals surface area contributed by atoms with Crippen LogP contribution < -0.4 is 0 Å². The zero-order chi connectivity index (χ0) is 12.2. The Hall–Kier alpha value is -1.04. The molecule has 1 fully saturated rings. The second-order valence-corrected chi connectivity index (χ2v) is 6.33. The first-order chi connectivity index (χ1) is 8.03. The minimum absolute atomic E-state index is 0.313. The zero-order valence-corrected chi connectivity index (χ0v) is 11.4. The van der Waals surface area contributed by atoms with E-state index in [1.165, 1.54) is 18.4 Å². The minimum Gasteiger partial charge on any atom is -0.0798 e. The molecule has 0 heteroatoms. The maximum Gasteiger partial charge on any atom is -0.000115 e. The molecule has 0 aromatic carbocycles. The summed E-state index contributed by atoms with van der Waals surface area (Å²) < 4.78 is 0. The summed E-state index contributed by atoms with van der Waals surface area (Å²) in [7, 11) is 0. The molecular weight excluding hydrogens is 204 g/mol. The molecule has 3 rings (SSSR count). The predicted octanol–water partition coefficient (Wildman–Crippen LogP) is 4.81. The zero-order valence-electron chi connectivity index (χ0n) is 11.4. The van der Waals surface area contributed by atoms with E-state index in [9.17, 15) is 0 Å². The van der Waals surface area contributed by atoms with E-state index in [0.29, 0.717) is 17.3 Å². The summed E-state index contributed by atoms with van der Waals surface area (Å²) in [5, 5.41) is 0. The molecule has 0 heterocycles. The van der Waals surface area contributed by atoms with Gasteiger partial charge in [0.15, 0.2) is 0 Å². The van der Waals surface area contributed by atoms with Crippen LogP contribution in [0.25, 0.3) is 0 Å². The van der Waals surface area contributed by atoms with Gasteiger partial charge in [-0.25, -0.2) is 0 Å². The van der Waals surface area contributed by atoms with Crippen LogP contribution in [0.1, 0.15) is 40.5 Å². The minimum atomic E-state index is 0.313.